The van der Waals surface area contributed by atoms with Gasteiger partial charge in [-0.1, -0.05) is 24.3 Å². The maximum atomic E-state index is 13.7. The monoisotopic (exact) mass is 521 g/mol. The predicted octanol–water partition coefficient (Wildman–Crippen LogP) is 6.32. The molecule has 3 aromatic heterocycles. The zero-order valence-electron chi connectivity index (χ0n) is 21.0. The average Bonchev–Trinajstić information content (AvgIpc) is 3.62. The van der Waals surface area contributed by atoms with Gasteiger partial charge in [-0.3, -0.25) is 19.3 Å². The highest BCUT2D eigenvalue weighted by Gasteiger charge is 2.29. The minimum atomic E-state index is -0.152. The summed E-state index contributed by atoms with van der Waals surface area (Å²) in [4.78, 5) is 33.2. The van der Waals surface area contributed by atoms with E-state index in [0.717, 1.165) is 53.3 Å². The highest BCUT2D eigenvalue weighted by Crippen LogP contribution is 2.35. The first kappa shape index (κ1) is 24.1. The lowest BCUT2D eigenvalue weighted by Gasteiger charge is -2.36. The molecule has 1 aliphatic rings. The molecular formula is C30H27N5O2S. The molecular weight excluding hydrogens is 494 g/mol. The smallest absolute Gasteiger partial charge is 0.265 e. The van der Waals surface area contributed by atoms with E-state index < -0.39 is 0 Å². The second-order valence-electron chi connectivity index (χ2n) is 9.63. The Morgan fingerprint density at radius 3 is 2.79 bits per heavy atom. The summed E-state index contributed by atoms with van der Waals surface area (Å²) < 4.78 is 1.65. The Labute approximate surface area is 224 Å². The van der Waals surface area contributed by atoms with Crippen LogP contribution in [-0.4, -0.2) is 38.0 Å². The Morgan fingerprint density at radius 1 is 1.00 bits per heavy atom. The van der Waals surface area contributed by atoms with E-state index in [1.807, 2.05) is 59.9 Å². The molecule has 0 aliphatic carbocycles. The number of fused-ring (bicyclic) bond motifs is 1. The minimum Gasteiger partial charge on any atom is -0.332 e. The third-order valence-corrected chi connectivity index (χ3v) is 7.97. The average molecular weight is 522 g/mol. The fourth-order valence-corrected chi connectivity index (χ4v) is 5.93. The molecule has 1 atom stereocenters. The molecule has 7 nitrogen and oxygen atoms in total. The van der Waals surface area contributed by atoms with Crippen LogP contribution in [0.4, 0.5) is 5.69 Å². The van der Waals surface area contributed by atoms with Crippen molar-refractivity contribution >= 4 is 39.6 Å². The number of nitrogens with one attached hydrogen (secondary N) is 1. The number of likely N-dealkylation sites (tertiary alicyclic amines) is 1. The summed E-state index contributed by atoms with van der Waals surface area (Å²) in [6.07, 6.45) is 9.97. The molecule has 5 aromatic rings. The third-order valence-electron chi connectivity index (χ3n) is 7.04. The van der Waals surface area contributed by atoms with Crippen LogP contribution >= 0.6 is 11.3 Å². The first-order chi connectivity index (χ1) is 18.5. The van der Waals surface area contributed by atoms with Crippen molar-refractivity contribution in [1.29, 1.82) is 0 Å². The lowest BCUT2D eigenvalue weighted by Crippen LogP contribution is -2.38. The van der Waals surface area contributed by atoms with E-state index >= 15 is 0 Å². The molecule has 1 N–H and O–H groups in total. The first-order valence-electron chi connectivity index (χ1n) is 12.7. The molecule has 6 rings (SSSR count). The number of amides is 2. The summed E-state index contributed by atoms with van der Waals surface area (Å²) in [5, 5.41) is 11.0. The Kier molecular flexibility index (Phi) is 6.47. The van der Waals surface area contributed by atoms with E-state index in [0.29, 0.717) is 16.1 Å². The molecule has 0 bridgehead atoms. The first-order valence-corrected chi connectivity index (χ1v) is 13.6. The topological polar surface area (TPSA) is 80.1 Å². The normalized spacial score (nSPS) is 15.5. The molecule has 0 radical (unpaired) electrons. The van der Waals surface area contributed by atoms with Crippen molar-refractivity contribution in [2.75, 3.05) is 11.9 Å². The van der Waals surface area contributed by atoms with Gasteiger partial charge < -0.3 is 10.2 Å². The van der Waals surface area contributed by atoms with Gasteiger partial charge in [0.15, 0.2) is 0 Å². The number of thiophene rings is 1. The fourth-order valence-electron chi connectivity index (χ4n) is 5.11. The second kappa shape index (κ2) is 10.2. The molecule has 1 aliphatic heterocycles. The quantitative estimate of drug-likeness (QED) is 0.294. The Hall–Kier alpha value is -4.30. The number of hydrogen-bond donors (Lipinski definition) is 1. The molecule has 38 heavy (non-hydrogen) atoms. The van der Waals surface area contributed by atoms with E-state index in [1.165, 1.54) is 11.3 Å². The summed E-state index contributed by atoms with van der Waals surface area (Å²) in [7, 11) is 1.81. The zero-order valence-corrected chi connectivity index (χ0v) is 21.8. The highest BCUT2D eigenvalue weighted by atomic mass is 32.1. The number of carbonyl (C=O) groups is 2. The number of piperidine rings is 1. The van der Waals surface area contributed by atoms with E-state index in [2.05, 4.69) is 33.6 Å². The van der Waals surface area contributed by atoms with Gasteiger partial charge in [0.2, 0.25) is 0 Å². The number of carbonyl (C=O) groups excluding carboxylic acids is 2. The third kappa shape index (κ3) is 4.82. The minimum absolute atomic E-state index is 0.0105. The fraction of sp³-hybridized carbons (Fsp3) is 0.200. The van der Waals surface area contributed by atoms with Gasteiger partial charge in [0.25, 0.3) is 11.8 Å². The molecule has 2 amide bonds. The highest BCUT2D eigenvalue weighted by molar-refractivity contribution is 7.12. The van der Waals surface area contributed by atoms with Gasteiger partial charge in [-0.05, 0) is 77.1 Å². The standard InChI is InChI=1S/C30H27N5O2S/c1-34-18-26(17-32-34)33-29(36)28-15-25(19-38-28)20-5-4-6-22(13-20)27-7-2-3-12-35(27)30(37)23-8-9-24-16-31-11-10-21(24)14-23/h4-6,8-11,13-19,27H,2-3,7,12H2,1H3,(H,33,36). The van der Waals surface area contributed by atoms with Crippen LogP contribution in [0.15, 0.2) is 84.8 Å². The summed E-state index contributed by atoms with van der Waals surface area (Å²) in [6, 6.07) is 18.1. The summed E-state index contributed by atoms with van der Waals surface area (Å²) in [5.41, 5.74) is 4.52. The number of pyridine rings is 1. The van der Waals surface area contributed by atoms with E-state index in [-0.39, 0.29) is 17.9 Å². The van der Waals surface area contributed by atoms with E-state index in [4.69, 9.17) is 0 Å². The van der Waals surface area contributed by atoms with Gasteiger partial charge in [-0.2, -0.15) is 5.10 Å². The maximum absolute atomic E-state index is 13.7. The predicted molar refractivity (Wildman–Crippen MR) is 150 cm³/mol. The van der Waals surface area contributed by atoms with Crippen molar-refractivity contribution in [3.05, 3.63) is 101 Å². The summed E-state index contributed by atoms with van der Waals surface area (Å²) in [5.74, 6) is -0.0932. The lowest BCUT2D eigenvalue weighted by atomic mass is 9.92. The molecule has 4 heterocycles. The number of aromatic nitrogens is 3. The van der Waals surface area contributed by atoms with Crippen molar-refractivity contribution in [3.8, 4) is 11.1 Å². The van der Waals surface area contributed by atoms with Gasteiger partial charge in [0.05, 0.1) is 22.8 Å². The maximum Gasteiger partial charge on any atom is 0.265 e. The molecule has 8 heteroatoms. The summed E-state index contributed by atoms with van der Waals surface area (Å²) in [6.45, 7) is 0.735. The molecule has 1 saturated heterocycles. The zero-order chi connectivity index (χ0) is 26.1. The van der Waals surface area contributed by atoms with Crippen LogP contribution in [-0.2, 0) is 7.05 Å². The molecule has 1 unspecified atom stereocenters. The molecule has 190 valence electrons. The number of aryl methyl sites for hydroxylation is 1. The van der Waals surface area contributed by atoms with Crippen molar-refractivity contribution in [2.45, 2.75) is 25.3 Å². The van der Waals surface area contributed by atoms with Crippen LogP contribution in [0.25, 0.3) is 21.9 Å². The van der Waals surface area contributed by atoms with Gasteiger partial charge >= 0.3 is 0 Å². The van der Waals surface area contributed by atoms with E-state index in [9.17, 15) is 9.59 Å². The number of anilines is 1. The van der Waals surface area contributed by atoms with Crippen LogP contribution in [0, 0.1) is 0 Å². The van der Waals surface area contributed by atoms with Crippen LogP contribution in [0.5, 0.6) is 0 Å². The molecule has 2 aromatic carbocycles. The van der Waals surface area contributed by atoms with Gasteiger partial charge in [-0.25, -0.2) is 0 Å². The number of benzene rings is 2. The Balaban J connectivity index is 1.24. The van der Waals surface area contributed by atoms with Gasteiger partial charge in [0.1, 0.15) is 0 Å². The van der Waals surface area contributed by atoms with Crippen LogP contribution in [0.1, 0.15) is 50.9 Å². The second-order valence-corrected chi connectivity index (χ2v) is 10.5. The number of nitrogens with zero attached hydrogens (tertiary/aromatic N) is 4. The van der Waals surface area contributed by atoms with E-state index in [1.54, 1.807) is 23.3 Å². The number of hydrogen-bond acceptors (Lipinski definition) is 5. The molecule has 0 saturated carbocycles. The van der Waals surface area contributed by atoms with Crippen LogP contribution in [0.3, 0.4) is 0 Å². The lowest BCUT2D eigenvalue weighted by molar-refractivity contribution is 0.0611. The van der Waals surface area contributed by atoms with Crippen LogP contribution < -0.4 is 5.32 Å². The Morgan fingerprint density at radius 2 is 1.92 bits per heavy atom. The van der Waals surface area contributed by atoms with Crippen LogP contribution in [0.2, 0.25) is 0 Å². The Bertz CT molecular complexity index is 1640. The molecule has 1 fully saturated rings. The van der Waals surface area contributed by atoms with Crippen molar-refractivity contribution < 1.29 is 9.59 Å². The van der Waals surface area contributed by atoms with Gasteiger partial charge in [0, 0.05) is 43.1 Å². The van der Waals surface area contributed by atoms with Crippen molar-refractivity contribution in [2.24, 2.45) is 7.05 Å². The number of rotatable bonds is 5. The van der Waals surface area contributed by atoms with Gasteiger partial charge in [-0.15, -0.1) is 11.3 Å². The summed E-state index contributed by atoms with van der Waals surface area (Å²) >= 11 is 1.42. The largest absolute Gasteiger partial charge is 0.332 e. The van der Waals surface area contributed by atoms with Crippen molar-refractivity contribution in [3.63, 3.8) is 0 Å². The molecule has 0 spiro atoms. The SMILES string of the molecule is Cn1cc(NC(=O)c2cc(-c3cccc(C4CCCCN4C(=O)c4ccc5cnccc5c4)c3)cs2)cn1. The van der Waals surface area contributed by atoms with Crippen molar-refractivity contribution in [1.82, 2.24) is 19.7 Å².